The number of halogens is 2. The van der Waals surface area contributed by atoms with Crippen LogP contribution in [0.15, 0.2) is 34.1 Å². The van der Waals surface area contributed by atoms with Crippen molar-refractivity contribution >= 4 is 27.3 Å². The van der Waals surface area contributed by atoms with E-state index in [1.54, 1.807) is 17.4 Å². The van der Waals surface area contributed by atoms with Crippen molar-refractivity contribution in [2.24, 2.45) is 5.84 Å². The van der Waals surface area contributed by atoms with Crippen LogP contribution < -0.4 is 11.3 Å². The summed E-state index contributed by atoms with van der Waals surface area (Å²) in [7, 11) is 0. The summed E-state index contributed by atoms with van der Waals surface area (Å²) >= 11 is 5.08. The molecule has 0 aliphatic rings. The fraction of sp³-hybridized carbons (Fsp3) is 0.167. The minimum Gasteiger partial charge on any atom is -0.271 e. The van der Waals surface area contributed by atoms with Gasteiger partial charge in [0, 0.05) is 4.88 Å². The van der Waals surface area contributed by atoms with Crippen LogP contribution in [0.2, 0.25) is 0 Å². The van der Waals surface area contributed by atoms with E-state index in [0.29, 0.717) is 0 Å². The zero-order valence-electron chi connectivity index (χ0n) is 9.21. The lowest BCUT2D eigenvalue weighted by molar-refractivity contribution is 0.608. The number of aryl methyl sites for hydroxylation is 1. The molecule has 1 atom stereocenters. The quantitative estimate of drug-likeness (QED) is 0.672. The summed E-state index contributed by atoms with van der Waals surface area (Å²) in [6, 6.07) is 8.33. The monoisotopic (exact) mass is 314 g/mol. The third-order valence-electron chi connectivity index (χ3n) is 2.51. The first-order valence-electron chi connectivity index (χ1n) is 5.09. The topological polar surface area (TPSA) is 38.0 Å². The highest BCUT2D eigenvalue weighted by Crippen LogP contribution is 2.34. The first kappa shape index (κ1) is 12.7. The molecule has 0 fully saturated rings. The predicted octanol–water partition coefficient (Wildman–Crippen LogP) is 3.51. The molecule has 0 saturated heterocycles. The fourth-order valence-corrected chi connectivity index (χ4v) is 3.31. The maximum absolute atomic E-state index is 13.2. The van der Waals surface area contributed by atoms with Gasteiger partial charge in [-0.2, -0.15) is 0 Å². The van der Waals surface area contributed by atoms with Crippen LogP contribution in [0.3, 0.4) is 0 Å². The Bertz CT molecular complexity index is 507. The largest absolute Gasteiger partial charge is 0.271 e. The first-order chi connectivity index (χ1) is 8.11. The molecular weight excluding hydrogens is 303 g/mol. The van der Waals surface area contributed by atoms with Crippen molar-refractivity contribution in [3.63, 3.8) is 0 Å². The summed E-state index contributed by atoms with van der Waals surface area (Å²) in [4.78, 5) is 1.06. The maximum atomic E-state index is 13.2. The lowest BCUT2D eigenvalue weighted by atomic mass is 10.1. The average Bonchev–Trinajstić information content (AvgIpc) is 2.60. The smallest absolute Gasteiger partial charge is 0.123 e. The average molecular weight is 315 g/mol. The van der Waals surface area contributed by atoms with E-state index in [0.717, 1.165) is 19.8 Å². The SMILES string of the molecule is Cc1cc(C(NN)c2cccc(F)c2)sc1Br. The van der Waals surface area contributed by atoms with Crippen LogP contribution in [-0.2, 0) is 0 Å². The van der Waals surface area contributed by atoms with Crippen LogP contribution in [0.1, 0.15) is 22.0 Å². The summed E-state index contributed by atoms with van der Waals surface area (Å²) in [5, 5.41) is 0. The van der Waals surface area contributed by atoms with Gasteiger partial charge in [-0.05, 0) is 52.2 Å². The van der Waals surface area contributed by atoms with Crippen molar-refractivity contribution in [2.75, 3.05) is 0 Å². The summed E-state index contributed by atoms with van der Waals surface area (Å²) in [5.74, 6) is 5.31. The van der Waals surface area contributed by atoms with Crippen LogP contribution in [0.4, 0.5) is 4.39 Å². The molecule has 3 N–H and O–H groups in total. The Kier molecular flexibility index (Phi) is 3.93. The molecule has 0 radical (unpaired) electrons. The highest BCUT2D eigenvalue weighted by molar-refractivity contribution is 9.11. The summed E-state index contributed by atoms with van der Waals surface area (Å²) in [6.07, 6.45) is 0. The molecule has 1 unspecified atom stereocenters. The molecule has 2 aromatic rings. The van der Waals surface area contributed by atoms with E-state index in [1.165, 1.54) is 12.1 Å². The number of hydrogen-bond acceptors (Lipinski definition) is 3. The summed E-state index contributed by atoms with van der Waals surface area (Å²) < 4.78 is 14.3. The maximum Gasteiger partial charge on any atom is 0.123 e. The van der Waals surface area contributed by atoms with E-state index in [9.17, 15) is 4.39 Å². The van der Waals surface area contributed by atoms with Crippen LogP contribution in [0.25, 0.3) is 0 Å². The molecule has 17 heavy (non-hydrogen) atoms. The fourth-order valence-electron chi connectivity index (χ4n) is 1.65. The van der Waals surface area contributed by atoms with Crippen molar-refractivity contribution in [2.45, 2.75) is 13.0 Å². The van der Waals surface area contributed by atoms with Gasteiger partial charge in [0.1, 0.15) is 5.82 Å². The van der Waals surface area contributed by atoms with Crippen LogP contribution in [0.5, 0.6) is 0 Å². The lowest BCUT2D eigenvalue weighted by Gasteiger charge is -2.14. The number of nitrogens with two attached hydrogens (primary N) is 1. The molecule has 0 aliphatic heterocycles. The third-order valence-corrected chi connectivity index (χ3v) is 4.71. The van der Waals surface area contributed by atoms with Crippen LogP contribution in [0, 0.1) is 12.7 Å². The molecule has 0 spiro atoms. The van der Waals surface area contributed by atoms with Gasteiger partial charge in [0.15, 0.2) is 0 Å². The van der Waals surface area contributed by atoms with Gasteiger partial charge in [0.05, 0.1) is 9.83 Å². The molecule has 5 heteroatoms. The number of thiophene rings is 1. The Morgan fingerprint density at radius 2 is 2.18 bits per heavy atom. The number of benzene rings is 1. The Labute approximate surface area is 112 Å². The zero-order chi connectivity index (χ0) is 12.4. The van der Waals surface area contributed by atoms with Gasteiger partial charge in [0.25, 0.3) is 0 Å². The van der Waals surface area contributed by atoms with E-state index in [-0.39, 0.29) is 11.9 Å². The molecule has 90 valence electrons. The highest BCUT2D eigenvalue weighted by atomic mass is 79.9. The first-order valence-corrected chi connectivity index (χ1v) is 6.70. The van der Waals surface area contributed by atoms with E-state index < -0.39 is 0 Å². The molecule has 0 amide bonds. The van der Waals surface area contributed by atoms with E-state index in [4.69, 9.17) is 5.84 Å². The van der Waals surface area contributed by atoms with Gasteiger partial charge < -0.3 is 0 Å². The predicted molar refractivity (Wildman–Crippen MR) is 72.3 cm³/mol. The van der Waals surface area contributed by atoms with Gasteiger partial charge >= 0.3 is 0 Å². The Morgan fingerprint density at radius 3 is 2.71 bits per heavy atom. The van der Waals surface area contributed by atoms with Gasteiger partial charge in [-0.15, -0.1) is 11.3 Å². The molecule has 1 heterocycles. The van der Waals surface area contributed by atoms with Gasteiger partial charge in [-0.1, -0.05) is 12.1 Å². The number of hydrogen-bond donors (Lipinski definition) is 2. The van der Waals surface area contributed by atoms with Crippen molar-refractivity contribution in [1.82, 2.24) is 5.43 Å². The highest BCUT2D eigenvalue weighted by Gasteiger charge is 2.16. The lowest BCUT2D eigenvalue weighted by Crippen LogP contribution is -2.28. The van der Waals surface area contributed by atoms with Crippen LogP contribution in [-0.4, -0.2) is 0 Å². The second-order valence-corrected chi connectivity index (χ2v) is 6.16. The Balaban J connectivity index is 2.39. The molecule has 1 aromatic carbocycles. The number of hydrazine groups is 1. The van der Waals surface area contributed by atoms with Crippen molar-refractivity contribution < 1.29 is 4.39 Å². The van der Waals surface area contributed by atoms with Crippen molar-refractivity contribution in [1.29, 1.82) is 0 Å². The Morgan fingerprint density at radius 1 is 1.41 bits per heavy atom. The summed E-state index contributed by atoms with van der Waals surface area (Å²) in [5.41, 5.74) is 4.70. The molecule has 2 rings (SSSR count). The van der Waals surface area contributed by atoms with E-state index in [2.05, 4.69) is 21.4 Å². The number of rotatable bonds is 3. The van der Waals surface area contributed by atoms with Crippen molar-refractivity contribution in [3.05, 3.63) is 55.9 Å². The molecule has 0 bridgehead atoms. The molecule has 2 nitrogen and oxygen atoms in total. The standard InChI is InChI=1S/C12H12BrFN2S/c1-7-5-10(17-12(7)13)11(16-15)8-3-2-4-9(14)6-8/h2-6,11,16H,15H2,1H3. The third kappa shape index (κ3) is 2.74. The second-order valence-electron chi connectivity index (χ2n) is 3.76. The molecule has 0 aliphatic carbocycles. The normalized spacial score (nSPS) is 12.7. The Hall–Kier alpha value is -0.750. The van der Waals surface area contributed by atoms with Crippen LogP contribution >= 0.6 is 27.3 Å². The number of nitrogens with one attached hydrogen (secondary N) is 1. The molecule has 1 aromatic heterocycles. The van der Waals surface area contributed by atoms with Gasteiger partial charge in [0.2, 0.25) is 0 Å². The minimum atomic E-state index is -0.255. The summed E-state index contributed by atoms with van der Waals surface area (Å²) in [6.45, 7) is 2.02. The molecular formula is C12H12BrFN2S. The minimum absolute atomic E-state index is 0.180. The van der Waals surface area contributed by atoms with E-state index >= 15 is 0 Å². The zero-order valence-corrected chi connectivity index (χ0v) is 11.6. The van der Waals surface area contributed by atoms with E-state index in [1.807, 2.05) is 19.1 Å². The van der Waals surface area contributed by atoms with Gasteiger partial charge in [-0.25, -0.2) is 9.82 Å². The van der Waals surface area contributed by atoms with Crippen molar-refractivity contribution in [3.8, 4) is 0 Å². The second kappa shape index (κ2) is 5.27. The van der Waals surface area contributed by atoms with Gasteiger partial charge in [-0.3, -0.25) is 5.84 Å². The molecule has 0 saturated carbocycles.